The van der Waals surface area contributed by atoms with Crippen LogP contribution in [0.1, 0.15) is 19.8 Å². The Bertz CT molecular complexity index is 214. The summed E-state index contributed by atoms with van der Waals surface area (Å²) in [7, 11) is 0. The van der Waals surface area contributed by atoms with Gasteiger partial charge in [0.15, 0.2) is 5.78 Å². The maximum absolute atomic E-state index is 11.3. The second-order valence-electron chi connectivity index (χ2n) is 2.73. The molecule has 2 nitrogen and oxygen atoms in total. The van der Waals surface area contributed by atoms with Gasteiger partial charge in [0.1, 0.15) is 0 Å². The van der Waals surface area contributed by atoms with Crippen LogP contribution in [0.3, 0.4) is 0 Å². The summed E-state index contributed by atoms with van der Waals surface area (Å²) in [5.41, 5.74) is 1.34. The van der Waals surface area contributed by atoms with Gasteiger partial charge in [-0.25, -0.2) is 0 Å². The first-order chi connectivity index (χ1) is 5.22. The average Bonchev–Trinajstić information content (AvgIpc) is 2.05. The lowest BCUT2D eigenvalue weighted by atomic mass is 10.0. The Morgan fingerprint density at radius 2 is 2.45 bits per heavy atom. The normalized spacial score (nSPS) is 16.6. The fraction of sp³-hybridized carbons (Fsp3) is 0.444. The molecular formula is C9H12O2. The molecule has 1 aliphatic rings. The fourth-order valence-corrected chi connectivity index (χ4v) is 1.01. The van der Waals surface area contributed by atoms with Crippen LogP contribution < -0.4 is 0 Å². The monoisotopic (exact) mass is 152 g/mol. The number of ketones is 1. The standard InChI is InChI=1S/C9H12O2/c1-7(2)9(10)8-4-3-5-11-6-8/h6H,1,3-5H2,2H3. The van der Waals surface area contributed by atoms with Crippen molar-refractivity contribution in [2.45, 2.75) is 19.8 Å². The van der Waals surface area contributed by atoms with Crippen molar-refractivity contribution in [1.82, 2.24) is 0 Å². The zero-order valence-electron chi connectivity index (χ0n) is 6.72. The Morgan fingerprint density at radius 1 is 1.73 bits per heavy atom. The number of hydrogen-bond donors (Lipinski definition) is 0. The van der Waals surface area contributed by atoms with Gasteiger partial charge in [-0.05, 0) is 25.3 Å². The van der Waals surface area contributed by atoms with Crippen LogP contribution in [0, 0.1) is 0 Å². The molecular weight excluding hydrogens is 140 g/mol. The molecule has 0 spiro atoms. The summed E-state index contributed by atoms with van der Waals surface area (Å²) >= 11 is 0. The van der Waals surface area contributed by atoms with Crippen LogP contribution in [0.25, 0.3) is 0 Å². The molecule has 0 aromatic rings. The van der Waals surface area contributed by atoms with Gasteiger partial charge in [-0.2, -0.15) is 0 Å². The molecule has 0 fully saturated rings. The number of ether oxygens (including phenoxy) is 1. The largest absolute Gasteiger partial charge is 0.501 e. The first-order valence-corrected chi connectivity index (χ1v) is 3.72. The van der Waals surface area contributed by atoms with E-state index < -0.39 is 0 Å². The van der Waals surface area contributed by atoms with E-state index in [-0.39, 0.29) is 5.78 Å². The highest BCUT2D eigenvalue weighted by Gasteiger charge is 2.12. The molecule has 0 unspecified atom stereocenters. The van der Waals surface area contributed by atoms with E-state index in [0.29, 0.717) is 5.57 Å². The molecule has 0 N–H and O–H groups in total. The van der Waals surface area contributed by atoms with Gasteiger partial charge in [0, 0.05) is 5.57 Å². The van der Waals surface area contributed by atoms with Crippen molar-refractivity contribution in [3.8, 4) is 0 Å². The summed E-state index contributed by atoms with van der Waals surface area (Å²) in [5.74, 6) is 0.0321. The number of rotatable bonds is 2. The van der Waals surface area contributed by atoms with Gasteiger partial charge >= 0.3 is 0 Å². The third-order valence-electron chi connectivity index (χ3n) is 1.61. The second kappa shape index (κ2) is 3.37. The lowest BCUT2D eigenvalue weighted by molar-refractivity contribution is -0.112. The third kappa shape index (κ3) is 1.93. The van der Waals surface area contributed by atoms with Gasteiger partial charge in [-0.3, -0.25) is 4.79 Å². The predicted octanol–water partition coefficient (Wildman–Crippen LogP) is 1.83. The number of Topliss-reactive ketones (excluding diaryl/α,β-unsaturated/α-hetero) is 1. The molecule has 1 aliphatic heterocycles. The van der Waals surface area contributed by atoms with E-state index in [1.54, 1.807) is 13.2 Å². The van der Waals surface area contributed by atoms with Crippen molar-refractivity contribution in [2.24, 2.45) is 0 Å². The van der Waals surface area contributed by atoms with E-state index in [1.165, 1.54) is 0 Å². The van der Waals surface area contributed by atoms with Gasteiger partial charge in [0.2, 0.25) is 0 Å². The predicted molar refractivity (Wildman–Crippen MR) is 43.1 cm³/mol. The van der Waals surface area contributed by atoms with Gasteiger partial charge in [0.05, 0.1) is 12.9 Å². The molecule has 0 aromatic heterocycles. The molecule has 60 valence electrons. The SMILES string of the molecule is C=C(C)C(=O)C1=COCCC1. The van der Waals surface area contributed by atoms with Crippen LogP contribution in [-0.4, -0.2) is 12.4 Å². The van der Waals surface area contributed by atoms with Gasteiger partial charge in [0.25, 0.3) is 0 Å². The summed E-state index contributed by atoms with van der Waals surface area (Å²) in [4.78, 5) is 11.3. The topological polar surface area (TPSA) is 26.3 Å². The van der Waals surface area contributed by atoms with Crippen LogP contribution in [0.4, 0.5) is 0 Å². The molecule has 0 bridgehead atoms. The third-order valence-corrected chi connectivity index (χ3v) is 1.61. The van der Waals surface area contributed by atoms with Gasteiger partial charge in [-0.15, -0.1) is 0 Å². The lowest BCUT2D eigenvalue weighted by Crippen LogP contribution is -2.09. The summed E-state index contributed by atoms with van der Waals surface area (Å²) in [5, 5.41) is 0. The minimum Gasteiger partial charge on any atom is -0.501 e. The van der Waals surface area contributed by atoms with E-state index in [1.807, 2.05) is 0 Å². The van der Waals surface area contributed by atoms with E-state index >= 15 is 0 Å². The van der Waals surface area contributed by atoms with Crippen LogP contribution >= 0.6 is 0 Å². The molecule has 0 saturated heterocycles. The van der Waals surface area contributed by atoms with E-state index in [4.69, 9.17) is 4.74 Å². The summed E-state index contributed by atoms with van der Waals surface area (Å²) < 4.78 is 5.03. The zero-order valence-corrected chi connectivity index (χ0v) is 6.72. The first-order valence-electron chi connectivity index (χ1n) is 3.72. The first kappa shape index (κ1) is 8.05. The van der Waals surface area contributed by atoms with E-state index in [2.05, 4.69) is 6.58 Å². The molecule has 0 radical (unpaired) electrons. The highest BCUT2D eigenvalue weighted by Crippen LogP contribution is 2.15. The highest BCUT2D eigenvalue weighted by atomic mass is 16.5. The van der Waals surface area contributed by atoms with Crippen molar-refractivity contribution in [3.05, 3.63) is 24.0 Å². The summed E-state index contributed by atoms with van der Waals surface area (Å²) in [6, 6.07) is 0. The molecule has 1 rings (SSSR count). The quantitative estimate of drug-likeness (QED) is 0.564. The maximum Gasteiger partial charge on any atom is 0.187 e. The Hall–Kier alpha value is -1.05. The minimum atomic E-state index is 0.0321. The smallest absolute Gasteiger partial charge is 0.187 e. The molecule has 0 aromatic carbocycles. The highest BCUT2D eigenvalue weighted by molar-refractivity contribution is 6.07. The van der Waals surface area contributed by atoms with Crippen LogP contribution in [-0.2, 0) is 9.53 Å². The molecule has 0 saturated carbocycles. The number of carbonyl (C=O) groups is 1. The lowest BCUT2D eigenvalue weighted by Gasteiger charge is -2.11. The molecule has 11 heavy (non-hydrogen) atoms. The average molecular weight is 152 g/mol. The fourth-order valence-electron chi connectivity index (χ4n) is 1.01. The number of allylic oxidation sites excluding steroid dienone is 2. The second-order valence-corrected chi connectivity index (χ2v) is 2.73. The van der Waals surface area contributed by atoms with Crippen molar-refractivity contribution >= 4 is 5.78 Å². The van der Waals surface area contributed by atoms with E-state index in [0.717, 1.165) is 25.0 Å². The van der Waals surface area contributed by atoms with Crippen molar-refractivity contribution in [2.75, 3.05) is 6.61 Å². The Morgan fingerprint density at radius 3 is 2.91 bits per heavy atom. The molecule has 0 atom stereocenters. The number of carbonyl (C=O) groups excluding carboxylic acids is 1. The Balaban J connectivity index is 2.66. The summed E-state index contributed by atoms with van der Waals surface area (Å²) in [6.45, 7) is 6.03. The maximum atomic E-state index is 11.3. The minimum absolute atomic E-state index is 0.0321. The zero-order chi connectivity index (χ0) is 8.27. The van der Waals surface area contributed by atoms with Gasteiger partial charge in [-0.1, -0.05) is 6.58 Å². The van der Waals surface area contributed by atoms with Crippen LogP contribution in [0.5, 0.6) is 0 Å². The van der Waals surface area contributed by atoms with Crippen LogP contribution in [0.2, 0.25) is 0 Å². The van der Waals surface area contributed by atoms with Crippen LogP contribution in [0.15, 0.2) is 24.0 Å². The van der Waals surface area contributed by atoms with Crippen molar-refractivity contribution < 1.29 is 9.53 Å². The van der Waals surface area contributed by atoms with E-state index in [9.17, 15) is 4.79 Å². The Labute approximate surface area is 66.5 Å². The number of hydrogen-bond acceptors (Lipinski definition) is 2. The van der Waals surface area contributed by atoms with Crippen molar-refractivity contribution in [1.29, 1.82) is 0 Å². The Kier molecular flexibility index (Phi) is 2.47. The molecule has 0 amide bonds. The van der Waals surface area contributed by atoms with Crippen molar-refractivity contribution in [3.63, 3.8) is 0 Å². The molecule has 2 heteroatoms. The summed E-state index contributed by atoms with van der Waals surface area (Å²) in [6.07, 6.45) is 3.32. The molecule has 0 aliphatic carbocycles. The molecule has 1 heterocycles. The van der Waals surface area contributed by atoms with Gasteiger partial charge < -0.3 is 4.74 Å².